The number of alkyl halides is 3. The predicted molar refractivity (Wildman–Crippen MR) is 85.1 cm³/mol. The minimum atomic E-state index is -4.65. The van der Waals surface area contributed by atoms with Crippen LogP contribution in [0.3, 0.4) is 0 Å². The highest BCUT2D eigenvalue weighted by atomic mass is 19.4. The van der Waals surface area contributed by atoms with E-state index in [1.54, 1.807) is 34.3 Å². The summed E-state index contributed by atoms with van der Waals surface area (Å²) >= 11 is 0. The SMILES string of the molecule is O=C(Nc1n[nH]c(C(F)(F)F)n1)C1CCN(C(=O)c2ccccc2)CC1. The molecule has 0 spiro atoms. The lowest BCUT2D eigenvalue weighted by Gasteiger charge is -2.31. The van der Waals surface area contributed by atoms with Gasteiger partial charge >= 0.3 is 6.18 Å². The number of halogens is 3. The van der Waals surface area contributed by atoms with E-state index in [2.05, 4.69) is 15.4 Å². The number of hydrogen-bond donors (Lipinski definition) is 2. The third kappa shape index (κ3) is 4.01. The molecule has 2 heterocycles. The zero-order valence-corrected chi connectivity index (χ0v) is 13.6. The highest BCUT2D eigenvalue weighted by Crippen LogP contribution is 2.26. The molecule has 0 atom stereocenters. The monoisotopic (exact) mass is 367 g/mol. The molecule has 0 aliphatic carbocycles. The Labute approximate surface area is 146 Å². The fourth-order valence-electron chi connectivity index (χ4n) is 2.76. The lowest BCUT2D eigenvalue weighted by atomic mass is 9.95. The molecule has 7 nitrogen and oxygen atoms in total. The molecule has 1 saturated heterocycles. The van der Waals surface area contributed by atoms with Crippen LogP contribution in [0.5, 0.6) is 0 Å². The van der Waals surface area contributed by atoms with Crippen LogP contribution in [0.15, 0.2) is 30.3 Å². The molecule has 0 radical (unpaired) electrons. The Balaban J connectivity index is 1.54. The molecule has 2 aromatic rings. The summed E-state index contributed by atoms with van der Waals surface area (Å²) in [7, 11) is 0. The molecule has 10 heteroatoms. The number of likely N-dealkylation sites (tertiary alicyclic amines) is 1. The number of aromatic amines is 1. The lowest BCUT2D eigenvalue weighted by molar-refractivity contribution is -0.144. The van der Waals surface area contributed by atoms with Gasteiger partial charge in [-0.1, -0.05) is 18.2 Å². The number of carbonyl (C=O) groups is 2. The van der Waals surface area contributed by atoms with Crippen molar-refractivity contribution >= 4 is 17.8 Å². The molecule has 3 rings (SSSR count). The first-order valence-corrected chi connectivity index (χ1v) is 7.99. The van der Waals surface area contributed by atoms with Crippen molar-refractivity contribution in [2.75, 3.05) is 18.4 Å². The van der Waals surface area contributed by atoms with Gasteiger partial charge in [-0.05, 0) is 25.0 Å². The number of nitrogens with zero attached hydrogens (tertiary/aromatic N) is 3. The number of H-pyrrole nitrogens is 1. The van der Waals surface area contributed by atoms with Gasteiger partial charge in [0, 0.05) is 24.6 Å². The van der Waals surface area contributed by atoms with Crippen molar-refractivity contribution in [1.82, 2.24) is 20.1 Å². The van der Waals surface area contributed by atoms with Gasteiger partial charge in [0.1, 0.15) is 0 Å². The Kier molecular flexibility index (Phi) is 4.92. The maximum absolute atomic E-state index is 12.5. The van der Waals surface area contributed by atoms with E-state index in [1.165, 1.54) is 0 Å². The summed E-state index contributed by atoms with van der Waals surface area (Å²) in [4.78, 5) is 29.4. The van der Waals surface area contributed by atoms with E-state index in [9.17, 15) is 22.8 Å². The highest BCUT2D eigenvalue weighted by molar-refractivity contribution is 5.95. The number of carbonyl (C=O) groups excluding carboxylic acids is 2. The third-order valence-electron chi connectivity index (χ3n) is 4.16. The smallest absolute Gasteiger partial charge is 0.339 e. The molecule has 1 aromatic heterocycles. The molecule has 1 fully saturated rings. The number of nitrogens with one attached hydrogen (secondary N) is 2. The lowest BCUT2D eigenvalue weighted by Crippen LogP contribution is -2.41. The van der Waals surface area contributed by atoms with Crippen LogP contribution < -0.4 is 5.32 Å². The fraction of sp³-hybridized carbons (Fsp3) is 0.375. The van der Waals surface area contributed by atoms with Crippen LogP contribution in [0, 0.1) is 5.92 Å². The van der Waals surface area contributed by atoms with Gasteiger partial charge in [-0.15, -0.1) is 5.10 Å². The van der Waals surface area contributed by atoms with E-state index in [0.717, 1.165) is 0 Å². The van der Waals surface area contributed by atoms with Crippen molar-refractivity contribution in [3.05, 3.63) is 41.7 Å². The number of rotatable bonds is 3. The zero-order chi connectivity index (χ0) is 18.7. The van der Waals surface area contributed by atoms with E-state index in [4.69, 9.17) is 0 Å². The molecule has 138 valence electrons. The summed E-state index contributed by atoms with van der Waals surface area (Å²) in [5, 5.41) is 7.37. The van der Waals surface area contributed by atoms with Crippen molar-refractivity contribution in [3.63, 3.8) is 0 Å². The van der Waals surface area contributed by atoms with E-state index in [-0.39, 0.29) is 5.91 Å². The van der Waals surface area contributed by atoms with Crippen LogP contribution in [-0.4, -0.2) is 45.0 Å². The van der Waals surface area contributed by atoms with E-state index >= 15 is 0 Å². The number of amides is 2. The summed E-state index contributed by atoms with van der Waals surface area (Å²) in [5.74, 6) is -2.65. The quantitative estimate of drug-likeness (QED) is 0.871. The van der Waals surface area contributed by atoms with Crippen LogP contribution in [0.1, 0.15) is 29.0 Å². The zero-order valence-electron chi connectivity index (χ0n) is 13.6. The molecule has 1 aromatic carbocycles. The van der Waals surface area contributed by atoms with Crippen LogP contribution in [0.2, 0.25) is 0 Å². The fourth-order valence-corrected chi connectivity index (χ4v) is 2.76. The average molecular weight is 367 g/mol. The van der Waals surface area contributed by atoms with Gasteiger partial charge in [-0.2, -0.15) is 18.2 Å². The normalized spacial score (nSPS) is 15.7. The maximum Gasteiger partial charge on any atom is 0.451 e. The highest BCUT2D eigenvalue weighted by Gasteiger charge is 2.36. The standard InChI is InChI=1S/C16H16F3N5O2/c17-16(18,19)14-21-15(23-22-14)20-12(25)10-6-8-24(9-7-10)13(26)11-4-2-1-3-5-11/h1-5,10H,6-9H2,(H2,20,21,22,23,25). The van der Waals surface area contributed by atoms with Gasteiger partial charge in [0.05, 0.1) is 0 Å². The number of benzene rings is 1. The van der Waals surface area contributed by atoms with Crippen LogP contribution in [-0.2, 0) is 11.0 Å². The predicted octanol–water partition coefficient (Wildman–Crippen LogP) is 2.31. The molecule has 2 amide bonds. The second kappa shape index (κ2) is 7.14. The second-order valence-corrected chi connectivity index (χ2v) is 5.93. The molecule has 1 aliphatic heterocycles. The van der Waals surface area contributed by atoms with Gasteiger partial charge in [0.25, 0.3) is 5.91 Å². The first kappa shape index (κ1) is 17.9. The third-order valence-corrected chi connectivity index (χ3v) is 4.16. The second-order valence-electron chi connectivity index (χ2n) is 5.93. The molecule has 0 saturated carbocycles. The van der Waals surface area contributed by atoms with Crippen molar-refractivity contribution < 1.29 is 22.8 Å². The first-order chi connectivity index (χ1) is 12.3. The molecule has 2 N–H and O–H groups in total. The molecule has 26 heavy (non-hydrogen) atoms. The van der Waals surface area contributed by atoms with Gasteiger partial charge in [0.15, 0.2) is 0 Å². The molecular weight excluding hydrogens is 351 g/mol. The number of aromatic nitrogens is 3. The van der Waals surface area contributed by atoms with Gasteiger partial charge in [0.2, 0.25) is 17.7 Å². The van der Waals surface area contributed by atoms with E-state index < -0.39 is 29.8 Å². The first-order valence-electron chi connectivity index (χ1n) is 7.99. The number of hydrogen-bond acceptors (Lipinski definition) is 4. The molecule has 1 aliphatic rings. The Morgan fingerprint density at radius 3 is 2.38 bits per heavy atom. The number of piperidine rings is 1. The topological polar surface area (TPSA) is 91.0 Å². The van der Waals surface area contributed by atoms with Crippen molar-refractivity contribution in [1.29, 1.82) is 0 Å². The molecular formula is C16H16F3N5O2. The Hall–Kier alpha value is -2.91. The summed E-state index contributed by atoms with van der Waals surface area (Å²) in [6.07, 6.45) is -3.82. The van der Waals surface area contributed by atoms with Crippen molar-refractivity contribution in [2.24, 2.45) is 5.92 Å². The van der Waals surface area contributed by atoms with Crippen LogP contribution in [0.25, 0.3) is 0 Å². The van der Waals surface area contributed by atoms with Gasteiger partial charge in [-0.3, -0.25) is 20.0 Å². The summed E-state index contributed by atoms with van der Waals surface area (Å²) in [5.41, 5.74) is 0.579. The van der Waals surface area contributed by atoms with Gasteiger partial charge < -0.3 is 4.90 Å². The summed E-state index contributed by atoms with van der Waals surface area (Å²) < 4.78 is 37.4. The Morgan fingerprint density at radius 1 is 1.15 bits per heavy atom. The summed E-state index contributed by atoms with van der Waals surface area (Å²) in [6.45, 7) is 0.793. The van der Waals surface area contributed by atoms with Crippen molar-refractivity contribution in [2.45, 2.75) is 19.0 Å². The largest absolute Gasteiger partial charge is 0.451 e. The Bertz CT molecular complexity index is 783. The van der Waals surface area contributed by atoms with Crippen LogP contribution in [0.4, 0.5) is 19.1 Å². The minimum absolute atomic E-state index is 0.103. The maximum atomic E-state index is 12.5. The number of anilines is 1. The van der Waals surface area contributed by atoms with E-state index in [1.807, 2.05) is 6.07 Å². The average Bonchev–Trinajstić information content (AvgIpc) is 3.11. The Morgan fingerprint density at radius 2 is 1.81 bits per heavy atom. The summed E-state index contributed by atoms with van der Waals surface area (Å²) in [6, 6.07) is 8.82. The van der Waals surface area contributed by atoms with Crippen molar-refractivity contribution in [3.8, 4) is 0 Å². The van der Waals surface area contributed by atoms with E-state index in [0.29, 0.717) is 31.5 Å². The van der Waals surface area contributed by atoms with Gasteiger partial charge in [-0.25, -0.2) is 0 Å². The molecule has 0 bridgehead atoms. The minimum Gasteiger partial charge on any atom is -0.339 e. The van der Waals surface area contributed by atoms with Crippen LogP contribution >= 0.6 is 0 Å². The molecule has 0 unspecified atom stereocenters.